The van der Waals surface area contributed by atoms with Crippen LogP contribution in [0.1, 0.15) is 56.2 Å². The van der Waals surface area contributed by atoms with Crippen molar-refractivity contribution in [3.63, 3.8) is 0 Å². The molecule has 3 aromatic carbocycles. The lowest BCUT2D eigenvalue weighted by Gasteiger charge is -2.37. The smallest absolute Gasteiger partial charge is 0.194 e. The number of nitrogens with zero attached hydrogens (tertiary/aromatic N) is 5. The van der Waals surface area contributed by atoms with Crippen LogP contribution in [0.2, 0.25) is 0 Å². The molecule has 0 spiro atoms. The molecule has 5 atom stereocenters. The second kappa shape index (κ2) is 15.8. The second-order valence-electron chi connectivity index (χ2n) is 14.1. The number of aliphatic imine (C=N–C) groups is 1. The lowest BCUT2D eigenvalue weighted by atomic mass is 10.0. The van der Waals surface area contributed by atoms with Gasteiger partial charge in [-0.3, -0.25) is 15.3 Å². The van der Waals surface area contributed by atoms with Gasteiger partial charge in [0.05, 0.1) is 18.6 Å². The van der Waals surface area contributed by atoms with Gasteiger partial charge in [0.1, 0.15) is 0 Å². The highest BCUT2D eigenvalue weighted by Gasteiger charge is 2.40. The molecule has 0 radical (unpaired) electrons. The van der Waals surface area contributed by atoms with Gasteiger partial charge >= 0.3 is 0 Å². The van der Waals surface area contributed by atoms with Crippen molar-refractivity contribution in [2.24, 2.45) is 16.6 Å². The van der Waals surface area contributed by atoms with Crippen molar-refractivity contribution in [1.82, 2.24) is 19.6 Å². The van der Waals surface area contributed by atoms with Gasteiger partial charge in [0.15, 0.2) is 11.9 Å². The van der Waals surface area contributed by atoms with Gasteiger partial charge in [0.25, 0.3) is 0 Å². The van der Waals surface area contributed by atoms with Gasteiger partial charge in [-0.15, -0.1) is 0 Å². The zero-order valence-corrected chi connectivity index (χ0v) is 28.6. The van der Waals surface area contributed by atoms with E-state index in [1.165, 1.54) is 36.0 Å². The Morgan fingerprint density at radius 2 is 1.45 bits per heavy atom. The van der Waals surface area contributed by atoms with Crippen LogP contribution in [0.5, 0.6) is 0 Å². The zero-order chi connectivity index (χ0) is 32.6. The number of rotatable bonds is 15. The summed E-state index contributed by atoms with van der Waals surface area (Å²) in [6.07, 6.45) is 7.56. The summed E-state index contributed by atoms with van der Waals surface area (Å²) in [4.78, 5) is 14.7. The van der Waals surface area contributed by atoms with E-state index >= 15 is 0 Å². The Morgan fingerprint density at radius 1 is 0.830 bits per heavy atom. The van der Waals surface area contributed by atoms with Crippen LogP contribution < -0.4 is 5.73 Å². The molecule has 3 aliphatic heterocycles. The van der Waals surface area contributed by atoms with Crippen LogP contribution in [-0.2, 0) is 19.3 Å². The summed E-state index contributed by atoms with van der Waals surface area (Å²) >= 11 is 0. The van der Waals surface area contributed by atoms with E-state index in [-0.39, 0.29) is 6.04 Å². The maximum Gasteiger partial charge on any atom is 0.194 e. The summed E-state index contributed by atoms with van der Waals surface area (Å²) in [5, 5.41) is 9.61. The Morgan fingerprint density at radius 3 is 2.09 bits per heavy atom. The van der Waals surface area contributed by atoms with E-state index in [9.17, 15) is 5.41 Å². The molecule has 3 aliphatic rings. The molecular weight excluding hydrogens is 578 g/mol. The first-order valence-corrected chi connectivity index (χ1v) is 18.0. The number of nitrogens with one attached hydrogen (secondary N) is 1. The standard InChI is InChI=1S/C40H55N7/c1-3-31(2)21-23-45-38(26-34-18-11-6-12-19-34)30-47(40(45)42)37(25-33-16-9-5-10-17-33)28-44-22-13-20-35(44)29-46-36(27-43-39(46)41)24-32-14-7-4-8-15-32/h4-12,14-19,31,35-38,42H,3,13,20-30H2,1-2H3,(H2,41,43)/t31?,35?,36-,37-,38-/m0/s1. The van der Waals surface area contributed by atoms with Crippen LogP contribution in [0.3, 0.4) is 0 Å². The van der Waals surface area contributed by atoms with Crippen molar-refractivity contribution in [2.75, 3.05) is 39.3 Å². The molecule has 3 aromatic rings. The van der Waals surface area contributed by atoms with Crippen LogP contribution in [-0.4, -0.2) is 95.0 Å². The summed E-state index contributed by atoms with van der Waals surface area (Å²) in [5.41, 5.74) is 10.6. The van der Waals surface area contributed by atoms with Crippen molar-refractivity contribution in [3.05, 3.63) is 108 Å². The molecule has 2 unspecified atom stereocenters. The van der Waals surface area contributed by atoms with Crippen LogP contribution >= 0.6 is 0 Å². The Labute approximate surface area is 283 Å². The van der Waals surface area contributed by atoms with Crippen LogP contribution in [0.25, 0.3) is 0 Å². The van der Waals surface area contributed by atoms with Crippen LogP contribution in [0.15, 0.2) is 96.0 Å². The average Bonchev–Trinajstić information content (AvgIpc) is 3.78. The SMILES string of the molecule is CCC(C)CCN1C(=N)N([C@@H](Cc2ccccc2)CN2CCCC2CN2C(N)=NC[C@@H]2Cc2ccccc2)C[C@@H]1Cc1ccccc1. The number of guanidine groups is 2. The van der Waals surface area contributed by atoms with Gasteiger partial charge in [-0.2, -0.15) is 0 Å². The molecule has 250 valence electrons. The predicted molar refractivity (Wildman–Crippen MR) is 195 cm³/mol. The van der Waals surface area contributed by atoms with Gasteiger partial charge in [-0.05, 0) is 67.7 Å². The Kier molecular flexibility index (Phi) is 11.1. The van der Waals surface area contributed by atoms with Crippen molar-refractivity contribution in [2.45, 2.75) is 83.0 Å². The molecule has 6 rings (SSSR count). The first-order valence-electron chi connectivity index (χ1n) is 18.0. The minimum atomic E-state index is 0.224. The normalized spacial score (nSPS) is 23.0. The lowest BCUT2D eigenvalue weighted by molar-refractivity contribution is 0.157. The highest BCUT2D eigenvalue weighted by atomic mass is 15.5. The number of nitrogens with two attached hydrogens (primary N) is 1. The molecule has 7 nitrogen and oxygen atoms in total. The molecule has 3 N–H and O–H groups in total. The van der Waals surface area contributed by atoms with E-state index < -0.39 is 0 Å². The van der Waals surface area contributed by atoms with Gasteiger partial charge in [0.2, 0.25) is 0 Å². The third-order valence-corrected chi connectivity index (χ3v) is 10.9. The monoisotopic (exact) mass is 633 g/mol. The fourth-order valence-electron chi connectivity index (χ4n) is 7.86. The number of benzene rings is 3. The Hall–Kier alpha value is -3.84. The minimum absolute atomic E-state index is 0.224. The van der Waals surface area contributed by atoms with E-state index in [2.05, 4.69) is 124 Å². The third-order valence-electron chi connectivity index (χ3n) is 10.9. The topological polar surface area (TPSA) is 75.2 Å². The van der Waals surface area contributed by atoms with Crippen LogP contribution in [0.4, 0.5) is 0 Å². The van der Waals surface area contributed by atoms with Gasteiger partial charge < -0.3 is 20.4 Å². The van der Waals surface area contributed by atoms with Crippen molar-refractivity contribution < 1.29 is 0 Å². The summed E-state index contributed by atoms with van der Waals surface area (Å²) in [5.74, 6) is 2.07. The Balaban J connectivity index is 1.20. The molecule has 0 aromatic heterocycles. The van der Waals surface area contributed by atoms with E-state index in [1.54, 1.807) is 0 Å². The van der Waals surface area contributed by atoms with Crippen LogP contribution in [0, 0.1) is 11.3 Å². The largest absolute Gasteiger partial charge is 0.370 e. The summed E-state index contributed by atoms with van der Waals surface area (Å²) < 4.78 is 0. The van der Waals surface area contributed by atoms with Crippen molar-refractivity contribution in [1.29, 1.82) is 5.41 Å². The maximum absolute atomic E-state index is 9.61. The molecule has 0 aliphatic carbocycles. The molecule has 47 heavy (non-hydrogen) atoms. The van der Waals surface area contributed by atoms with Gasteiger partial charge in [0, 0.05) is 38.3 Å². The molecule has 2 saturated heterocycles. The fourth-order valence-corrected chi connectivity index (χ4v) is 7.86. The van der Waals surface area contributed by atoms with Crippen molar-refractivity contribution >= 4 is 11.9 Å². The van der Waals surface area contributed by atoms with Gasteiger partial charge in [-0.1, -0.05) is 111 Å². The molecule has 0 amide bonds. The maximum atomic E-state index is 9.61. The first kappa shape index (κ1) is 33.1. The Bertz CT molecular complexity index is 1430. The second-order valence-corrected chi connectivity index (χ2v) is 14.1. The predicted octanol–water partition coefficient (Wildman–Crippen LogP) is 5.90. The summed E-state index contributed by atoms with van der Waals surface area (Å²) in [6, 6.07) is 33.8. The van der Waals surface area contributed by atoms with Crippen molar-refractivity contribution in [3.8, 4) is 0 Å². The average molecular weight is 634 g/mol. The highest BCUT2D eigenvalue weighted by Crippen LogP contribution is 2.28. The lowest BCUT2D eigenvalue weighted by Crippen LogP contribution is -2.52. The van der Waals surface area contributed by atoms with E-state index in [4.69, 9.17) is 10.7 Å². The fraction of sp³-hybridized carbons (Fsp3) is 0.500. The number of hydrogen-bond acceptors (Lipinski definition) is 5. The molecule has 2 fully saturated rings. The zero-order valence-electron chi connectivity index (χ0n) is 28.6. The molecule has 0 saturated carbocycles. The molecular formula is C40H55N7. The number of likely N-dealkylation sites (tertiary alicyclic amines) is 1. The van der Waals surface area contributed by atoms with E-state index in [0.717, 1.165) is 65.0 Å². The van der Waals surface area contributed by atoms with Gasteiger partial charge in [-0.25, -0.2) is 0 Å². The third kappa shape index (κ3) is 8.36. The summed E-state index contributed by atoms with van der Waals surface area (Å²) in [6.45, 7) is 10.2. The quantitative estimate of drug-likeness (QED) is 0.218. The molecule has 0 bridgehead atoms. The van der Waals surface area contributed by atoms with E-state index in [0.29, 0.717) is 36.0 Å². The molecule has 3 heterocycles. The highest BCUT2D eigenvalue weighted by molar-refractivity contribution is 5.80. The summed E-state index contributed by atoms with van der Waals surface area (Å²) in [7, 11) is 0. The number of hydrogen-bond donors (Lipinski definition) is 2. The van der Waals surface area contributed by atoms with E-state index in [1.807, 2.05) is 0 Å². The first-order chi connectivity index (χ1) is 23.0. The minimum Gasteiger partial charge on any atom is -0.370 e. The molecule has 7 heteroatoms.